The summed E-state index contributed by atoms with van der Waals surface area (Å²) in [5.41, 5.74) is 6.40. The summed E-state index contributed by atoms with van der Waals surface area (Å²) in [5.74, 6) is 1.92. The van der Waals surface area contributed by atoms with Gasteiger partial charge in [0.25, 0.3) is 0 Å². The smallest absolute Gasteiger partial charge is 0.0213 e. The van der Waals surface area contributed by atoms with E-state index in [-0.39, 0.29) is 0 Å². The summed E-state index contributed by atoms with van der Waals surface area (Å²) >= 11 is 0. The molecule has 3 rings (SSSR count). The molecule has 2 nitrogen and oxygen atoms in total. The van der Waals surface area contributed by atoms with E-state index in [0.29, 0.717) is 11.6 Å². The Morgan fingerprint density at radius 3 is 2.86 bits per heavy atom. The average Bonchev–Trinajstić information content (AvgIpc) is 2.85. The van der Waals surface area contributed by atoms with Crippen LogP contribution in [0.15, 0.2) is 0 Å². The molecule has 0 aromatic heterocycles. The van der Waals surface area contributed by atoms with Gasteiger partial charge in [-0.2, -0.15) is 0 Å². The molecule has 0 aliphatic heterocycles. The van der Waals surface area contributed by atoms with Gasteiger partial charge in [-0.25, -0.2) is 0 Å². The van der Waals surface area contributed by atoms with Gasteiger partial charge in [0.2, 0.25) is 0 Å². The molecule has 0 aromatic carbocycles. The fourth-order valence-corrected chi connectivity index (χ4v) is 3.50. The summed E-state index contributed by atoms with van der Waals surface area (Å²) < 4.78 is 0. The summed E-state index contributed by atoms with van der Waals surface area (Å²) in [7, 11) is 0. The lowest BCUT2D eigenvalue weighted by molar-refractivity contribution is 0.231. The maximum atomic E-state index is 5.79. The third kappa shape index (κ3) is 1.49. The van der Waals surface area contributed by atoms with E-state index < -0.39 is 0 Å². The molecular weight excluding hydrogens is 172 g/mol. The van der Waals surface area contributed by atoms with Crippen LogP contribution in [0.1, 0.15) is 44.9 Å². The van der Waals surface area contributed by atoms with Crippen LogP contribution in [0.3, 0.4) is 0 Å². The van der Waals surface area contributed by atoms with Crippen LogP contribution in [-0.2, 0) is 0 Å². The van der Waals surface area contributed by atoms with Crippen LogP contribution >= 0.6 is 0 Å². The highest BCUT2D eigenvalue weighted by Gasteiger charge is 2.54. The Morgan fingerprint density at radius 1 is 1.29 bits per heavy atom. The molecule has 0 spiro atoms. The molecule has 2 unspecified atom stereocenters. The average molecular weight is 194 g/mol. The van der Waals surface area contributed by atoms with Gasteiger partial charge in [-0.1, -0.05) is 12.8 Å². The maximum absolute atomic E-state index is 5.79. The molecule has 14 heavy (non-hydrogen) atoms. The monoisotopic (exact) mass is 194 g/mol. The number of hydrogen-bond acceptors (Lipinski definition) is 2. The minimum atomic E-state index is 0.514. The molecule has 80 valence electrons. The summed E-state index contributed by atoms with van der Waals surface area (Å²) in [6, 6.07) is 0.514. The SMILES string of the molecule is NC1CC(CNC23CCCCC2C3)C1. The maximum Gasteiger partial charge on any atom is 0.0213 e. The number of hydrogen-bond donors (Lipinski definition) is 2. The zero-order valence-electron chi connectivity index (χ0n) is 8.97. The number of rotatable bonds is 3. The standard InChI is InChI=1S/C12H22N2/c13-11-5-9(6-11)8-14-12-4-2-1-3-10(12)7-12/h9-11,14H,1-8,13H2. The molecule has 3 N–H and O–H groups in total. The van der Waals surface area contributed by atoms with Gasteiger partial charge in [0, 0.05) is 11.6 Å². The van der Waals surface area contributed by atoms with E-state index in [1.165, 1.54) is 51.5 Å². The Hall–Kier alpha value is -0.0800. The van der Waals surface area contributed by atoms with Crippen LogP contribution in [0.5, 0.6) is 0 Å². The van der Waals surface area contributed by atoms with Crippen molar-refractivity contribution in [3.63, 3.8) is 0 Å². The first-order valence-electron chi connectivity index (χ1n) is 6.29. The van der Waals surface area contributed by atoms with Crippen molar-refractivity contribution >= 4 is 0 Å². The second-order valence-electron chi connectivity index (χ2n) is 5.78. The van der Waals surface area contributed by atoms with E-state index in [1.807, 2.05) is 0 Å². The molecule has 2 heteroatoms. The largest absolute Gasteiger partial charge is 0.328 e. The molecule has 0 radical (unpaired) electrons. The van der Waals surface area contributed by atoms with Crippen molar-refractivity contribution < 1.29 is 0 Å². The number of fused-ring (bicyclic) bond motifs is 1. The van der Waals surface area contributed by atoms with Crippen molar-refractivity contribution in [2.75, 3.05) is 6.54 Å². The fourth-order valence-electron chi connectivity index (χ4n) is 3.50. The summed E-state index contributed by atoms with van der Waals surface area (Å²) in [5, 5.41) is 3.84. The summed E-state index contributed by atoms with van der Waals surface area (Å²) in [6.07, 6.45) is 9.83. The Bertz CT molecular complexity index is 222. The fraction of sp³-hybridized carbons (Fsp3) is 1.00. The van der Waals surface area contributed by atoms with E-state index in [9.17, 15) is 0 Å². The molecule has 0 amide bonds. The first-order valence-corrected chi connectivity index (χ1v) is 6.29. The molecule has 3 saturated carbocycles. The van der Waals surface area contributed by atoms with Crippen LogP contribution in [0.25, 0.3) is 0 Å². The van der Waals surface area contributed by atoms with Crippen LogP contribution in [0.2, 0.25) is 0 Å². The van der Waals surface area contributed by atoms with Gasteiger partial charge in [0.1, 0.15) is 0 Å². The summed E-state index contributed by atoms with van der Waals surface area (Å²) in [4.78, 5) is 0. The first-order chi connectivity index (χ1) is 6.78. The van der Waals surface area contributed by atoms with Crippen molar-refractivity contribution in [3.8, 4) is 0 Å². The molecule has 3 fully saturated rings. The van der Waals surface area contributed by atoms with Gasteiger partial charge in [-0.15, -0.1) is 0 Å². The van der Waals surface area contributed by atoms with Crippen LogP contribution in [0.4, 0.5) is 0 Å². The van der Waals surface area contributed by atoms with Crippen LogP contribution < -0.4 is 11.1 Å². The van der Waals surface area contributed by atoms with E-state index in [0.717, 1.165) is 11.8 Å². The predicted octanol–water partition coefficient (Wildman–Crippen LogP) is 1.65. The van der Waals surface area contributed by atoms with Crippen molar-refractivity contribution in [2.24, 2.45) is 17.6 Å². The topological polar surface area (TPSA) is 38.0 Å². The Labute approximate surface area is 86.6 Å². The quantitative estimate of drug-likeness (QED) is 0.717. The third-order valence-corrected chi connectivity index (χ3v) is 4.67. The third-order valence-electron chi connectivity index (χ3n) is 4.67. The minimum Gasteiger partial charge on any atom is -0.328 e. The van der Waals surface area contributed by atoms with Crippen LogP contribution in [0, 0.1) is 11.8 Å². The second-order valence-corrected chi connectivity index (χ2v) is 5.78. The normalized spacial score (nSPS) is 50.8. The van der Waals surface area contributed by atoms with E-state index in [4.69, 9.17) is 5.73 Å². The van der Waals surface area contributed by atoms with Crippen molar-refractivity contribution in [2.45, 2.75) is 56.5 Å². The van der Waals surface area contributed by atoms with E-state index >= 15 is 0 Å². The minimum absolute atomic E-state index is 0.514. The molecule has 0 saturated heterocycles. The highest BCUT2D eigenvalue weighted by atomic mass is 15.0. The first kappa shape index (κ1) is 9.17. The predicted molar refractivity (Wildman–Crippen MR) is 58.0 cm³/mol. The molecule has 3 aliphatic carbocycles. The van der Waals surface area contributed by atoms with Gasteiger partial charge in [-0.05, 0) is 50.5 Å². The van der Waals surface area contributed by atoms with Crippen LogP contribution in [-0.4, -0.2) is 18.1 Å². The number of nitrogens with two attached hydrogens (primary N) is 1. The molecule has 0 bridgehead atoms. The highest BCUT2D eigenvalue weighted by molar-refractivity contribution is 5.12. The lowest BCUT2D eigenvalue weighted by atomic mass is 9.80. The van der Waals surface area contributed by atoms with Crippen molar-refractivity contribution in [3.05, 3.63) is 0 Å². The second kappa shape index (κ2) is 3.21. The van der Waals surface area contributed by atoms with Crippen molar-refractivity contribution in [1.82, 2.24) is 5.32 Å². The Kier molecular flexibility index (Phi) is 2.10. The van der Waals surface area contributed by atoms with Gasteiger partial charge < -0.3 is 11.1 Å². The Balaban J connectivity index is 1.44. The van der Waals surface area contributed by atoms with Gasteiger partial charge in [-0.3, -0.25) is 0 Å². The molecule has 0 heterocycles. The number of nitrogens with one attached hydrogen (secondary N) is 1. The van der Waals surface area contributed by atoms with E-state index in [2.05, 4.69) is 5.32 Å². The molecular formula is C12H22N2. The van der Waals surface area contributed by atoms with Crippen molar-refractivity contribution in [1.29, 1.82) is 0 Å². The molecule has 0 aromatic rings. The van der Waals surface area contributed by atoms with E-state index in [1.54, 1.807) is 0 Å². The summed E-state index contributed by atoms with van der Waals surface area (Å²) in [6.45, 7) is 1.24. The van der Waals surface area contributed by atoms with Gasteiger partial charge >= 0.3 is 0 Å². The molecule has 3 aliphatic rings. The Morgan fingerprint density at radius 2 is 2.14 bits per heavy atom. The zero-order valence-corrected chi connectivity index (χ0v) is 8.97. The lowest BCUT2D eigenvalue weighted by Crippen LogP contribution is -2.45. The van der Waals surface area contributed by atoms with Gasteiger partial charge in [0.15, 0.2) is 0 Å². The molecule has 2 atom stereocenters. The van der Waals surface area contributed by atoms with Gasteiger partial charge in [0.05, 0.1) is 0 Å². The zero-order chi connectivity index (χ0) is 9.60. The highest BCUT2D eigenvalue weighted by Crippen LogP contribution is 2.53. The lowest BCUT2D eigenvalue weighted by Gasteiger charge is -2.35.